The fourth-order valence-electron chi connectivity index (χ4n) is 1.52. The van der Waals surface area contributed by atoms with E-state index < -0.39 is 0 Å². The number of rotatable bonds is 6. The van der Waals surface area contributed by atoms with Gasteiger partial charge in [-0.05, 0) is 17.7 Å². The Kier molecular flexibility index (Phi) is 3.95. The number of Topliss-reactive ketones (excluding diaryl/α,β-unsaturated/α-hetero) is 1. The number of hydrogen-bond donors (Lipinski definition) is 0. The van der Waals surface area contributed by atoms with Crippen LogP contribution in [0.15, 0.2) is 18.2 Å². The summed E-state index contributed by atoms with van der Waals surface area (Å²) in [5.41, 5.74) is 0.944. The Labute approximate surface area is 99.2 Å². The predicted octanol–water partition coefficient (Wildman–Crippen LogP) is 1.15. The van der Waals surface area contributed by atoms with Crippen LogP contribution in [-0.2, 0) is 20.9 Å². The van der Waals surface area contributed by atoms with Crippen molar-refractivity contribution in [3.63, 3.8) is 0 Å². The summed E-state index contributed by atoms with van der Waals surface area (Å²) >= 11 is 0. The first kappa shape index (κ1) is 11.9. The van der Waals surface area contributed by atoms with Crippen molar-refractivity contribution in [2.75, 3.05) is 27.1 Å². The van der Waals surface area contributed by atoms with Crippen molar-refractivity contribution in [2.24, 2.45) is 0 Å². The second kappa shape index (κ2) is 5.65. The van der Waals surface area contributed by atoms with Gasteiger partial charge in [0, 0.05) is 7.11 Å². The smallest absolute Gasteiger partial charge is 0.231 e. The molecular formula is C12H14O5. The van der Waals surface area contributed by atoms with Gasteiger partial charge in [0.05, 0.1) is 6.61 Å². The van der Waals surface area contributed by atoms with Crippen LogP contribution in [0.4, 0.5) is 0 Å². The number of hydrogen-bond acceptors (Lipinski definition) is 5. The van der Waals surface area contributed by atoms with E-state index in [1.807, 2.05) is 18.2 Å². The van der Waals surface area contributed by atoms with Gasteiger partial charge in [0.15, 0.2) is 17.3 Å². The molecule has 0 saturated carbocycles. The standard InChI is InChI=1S/C12H14O5/c1-14-6-10(13)7-15-5-9-2-3-11-12(4-9)17-8-16-11/h2-4H,5-8H2,1H3. The zero-order valence-corrected chi connectivity index (χ0v) is 9.60. The summed E-state index contributed by atoms with van der Waals surface area (Å²) in [5.74, 6) is 1.38. The van der Waals surface area contributed by atoms with Crippen molar-refractivity contribution in [1.29, 1.82) is 0 Å². The minimum atomic E-state index is -0.0757. The topological polar surface area (TPSA) is 54.0 Å². The molecule has 0 aliphatic carbocycles. The third kappa shape index (κ3) is 3.18. The van der Waals surface area contributed by atoms with E-state index in [1.54, 1.807) is 0 Å². The third-order valence-electron chi connectivity index (χ3n) is 2.27. The lowest BCUT2D eigenvalue weighted by Crippen LogP contribution is -2.14. The Morgan fingerprint density at radius 2 is 2.12 bits per heavy atom. The molecule has 1 aliphatic heterocycles. The summed E-state index contributed by atoms with van der Waals surface area (Å²) in [5, 5.41) is 0. The molecule has 17 heavy (non-hydrogen) atoms. The number of carbonyl (C=O) groups is 1. The van der Waals surface area contributed by atoms with E-state index in [1.165, 1.54) is 7.11 Å². The largest absolute Gasteiger partial charge is 0.454 e. The van der Waals surface area contributed by atoms with Gasteiger partial charge in [0.1, 0.15) is 13.2 Å². The Morgan fingerprint density at radius 1 is 1.29 bits per heavy atom. The summed E-state index contributed by atoms with van der Waals surface area (Å²) in [6.07, 6.45) is 0. The van der Waals surface area contributed by atoms with Gasteiger partial charge in [-0.1, -0.05) is 6.07 Å². The van der Waals surface area contributed by atoms with Crippen LogP contribution in [0.3, 0.4) is 0 Å². The summed E-state index contributed by atoms with van der Waals surface area (Å²) in [7, 11) is 1.48. The minimum absolute atomic E-state index is 0.0578. The maximum Gasteiger partial charge on any atom is 0.231 e. The number of methoxy groups -OCH3 is 1. The van der Waals surface area contributed by atoms with E-state index in [2.05, 4.69) is 0 Å². The van der Waals surface area contributed by atoms with Crippen molar-refractivity contribution in [2.45, 2.75) is 6.61 Å². The van der Waals surface area contributed by atoms with E-state index in [-0.39, 0.29) is 25.8 Å². The highest BCUT2D eigenvalue weighted by molar-refractivity contribution is 5.80. The average Bonchev–Trinajstić information content (AvgIpc) is 2.76. The van der Waals surface area contributed by atoms with Gasteiger partial charge in [0.25, 0.3) is 0 Å². The van der Waals surface area contributed by atoms with Crippen molar-refractivity contribution in [1.82, 2.24) is 0 Å². The average molecular weight is 238 g/mol. The molecular weight excluding hydrogens is 224 g/mol. The number of benzene rings is 1. The van der Waals surface area contributed by atoms with Crippen molar-refractivity contribution >= 4 is 5.78 Å². The Bertz CT molecular complexity index is 402. The lowest BCUT2D eigenvalue weighted by atomic mass is 10.2. The molecule has 0 radical (unpaired) electrons. The quantitative estimate of drug-likeness (QED) is 0.744. The molecule has 0 amide bonds. The van der Waals surface area contributed by atoms with Crippen LogP contribution in [0.1, 0.15) is 5.56 Å². The van der Waals surface area contributed by atoms with E-state index >= 15 is 0 Å². The molecule has 0 spiro atoms. The van der Waals surface area contributed by atoms with Crippen LogP contribution in [0.5, 0.6) is 11.5 Å². The van der Waals surface area contributed by atoms with Crippen molar-refractivity contribution in [3.05, 3.63) is 23.8 Å². The molecule has 2 rings (SSSR count). The van der Waals surface area contributed by atoms with Crippen LogP contribution < -0.4 is 9.47 Å². The van der Waals surface area contributed by atoms with Crippen molar-refractivity contribution < 1.29 is 23.7 Å². The van der Waals surface area contributed by atoms with Gasteiger partial charge in [-0.2, -0.15) is 0 Å². The maximum atomic E-state index is 11.1. The Balaban J connectivity index is 1.81. The molecule has 1 aliphatic rings. The molecule has 0 unspecified atom stereocenters. The summed E-state index contributed by atoms with van der Waals surface area (Å²) in [6, 6.07) is 5.56. The van der Waals surface area contributed by atoms with Gasteiger partial charge in [-0.15, -0.1) is 0 Å². The number of ketones is 1. The van der Waals surface area contributed by atoms with Crippen LogP contribution in [0, 0.1) is 0 Å². The van der Waals surface area contributed by atoms with Gasteiger partial charge < -0.3 is 18.9 Å². The number of fused-ring (bicyclic) bond motifs is 1. The first-order chi connectivity index (χ1) is 8.29. The van der Waals surface area contributed by atoms with E-state index in [0.29, 0.717) is 12.4 Å². The van der Waals surface area contributed by atoms with Gasteiger partial charge in [-0.25, -0.2) is 0 Å². The maximum absolute atomic E-state index is 11.1. The summed E-state index contributed by atoms with van der Waals surface area (Å²) in [4.78, 5) is 11.1. The molecule has 0 aromatic heterocycles. The van der Waals surface area contributed by atoms with Gasteiger partial charge >= 0.3 is 0 Å². The number of carbonyl (C=O) groups excluding carboxylic acids is 1. The Hall–Kier alpha value is -1.59. The summed E-state index contributed by atoms with van der Waals surface area (Å²) in [6.45, 7) is 0.765. The molecule has 0 bridgehead atoms. The molecule has 0 fully saturated rings. The molecule has 1 heterocycles. The monoisotopic (exact) mass is 238 g/mol. The van der Waals surface area contributed by atoms with Crippen molar-refractivity contribution in [3.8, 4) is 11.5 Å². The van der Waals surface area contributed by atoms with Gasteiger partial charge in [-0.3, -0.25) is 4.79 Å². The molecule has 92 valence electrons. The second-order valence-corrected chi connectivity index (χ2v) is 3.65. The lowest BCUT2D eigenvalue weighted by Gasteiger charge is -2.04. The van der Waals surface area contributed by atoms with Crippen LogP contribution in [0.2, 0.25) is 0 Å². The van der Waals surface area contributed by atoms with E-state index in [4.69, 9.17) is 18.9 Å². The highest BCUT2D eigenvalue weighted by Gasteiger charge is 2.13. The van der Waals surface area contributed by atoms with Crippen LogP contribution in [-0.4, -0.2) is 32.9 Å². The molecule has 5 heteroatoms. The zero-order chi connectivity index (χ0) is 12.1. The van der Waals surface area contributed by atoms with E-state index in [9.17, 15) is 4.79 Å². The minimum Gasteiger partial charge on any atom is -0.454 e. The predicted molar refractivity (Wildman–Crippen MR) is 59.1 cm³/mol. The Morgan fingerprint density at radius 3 is 2.94 bits per heavy atom. The number of ether oxygens (including phenoxy) is 4. The first-order valence-electron chi connectivity index (χ1n) is 5.26. The summed E-state index contributed by atoms with van der Waals surface area (Å²) < 4.78 is 20.4. The zero-order valence-electron chi connectivity index (χ0n) is 9.60. The fourth-order valence-corrected chi connectivity index (χ4v) is 1.52. The third-order valence-corrected chi connectivity index (χ3v) is 2.27. The highest BCUT2D eigenvalue weighted by Crippen LogP contribution is 2.32. The molecule has 1 aromatic carbocycles. The highest BCUT2D eigenvalue weighted by atomic mass is 16.7. The van der Waals surface area contributed by atoms with Crippen LogP contribution in [0.25, 0.3) is 0 Å². The van der Waals surface area contributed by atoms with E-state index in [0.717, 1.165) is 11.3 Å². The fraction of sp³-hybridized carbons (Fsp3) is 0.417. The molecule has 1 aromatic rings. The lowest BCUT2D eigenvalue weighted by molar-refractivity contribution is -0.127. The second-order valence-electron chi connectivity index (χ2n) is 3.65. The first-order valence-corrected chi connectivity index (χ1v) is 5.26. The molecule has 5 nitrogen and oxygen atoms in total. The molecule has 0 saturated heterocycles. The van der Waals surface area contributed by atoms with Crippen LogP contribution >= 0.6 is 0 Å². The normalized spacial score (nSPS) is 12.8. The SMILES string of the molecule is COCC(=O)COCc1ccc2c(c1)OCO2. The molecule has 0 atom stereocenters. The molecule has 0 N–H and O–H groups in total. The van der Waals surface area contributed by atoms with Gasteiger partial charge in [0.2, 0.25) is 6.79 Å².